The summed E-state index contributed by atoms with van der Waals surface area (Å²) in [7, 11) is 0. The summed E-state index contributed by atoms with van der Waals surface area (Å²) >= 11 is 0. The fourth-order valence-electron chi connectivity index (χ4n) is 2.80. The molecule has 0 spiro atoms. The predicted octanol–water partition coefficient (Wildman–Crippen LogP) is 2.22. The highest BCUT2D eigenvalue weighted by atomic mass is 19.1. The Morgan fingerprint density at radius 3 is 2.62 bits per heavy atom. The molecule has 1 aromatic carbocycles. The Hall–Kier alpha value is -2.57. The molecule has 24 heavy (non-hydrogen) atoms. The van der Waals surface area contributed by atoms with E-state index < -0.39 is 11.6 Å². The number of anilines is 1. The van der Waals surface area contributed by atoms with Gasteiger partial charge >= 0.3 is 0 Å². The van der Waals surface area contributed by atoms with E-state index in [1.165, 1.54) is 4.90 Å². The van der Waals surface area contributed by atoms with Crippen molar-refractivity contribution in [1.82, 2.24) is 14.9 Å². The summed E-state index contributed by atoms with van der Waals surface area (Å²) < 4.78 is 27.0. The van der Waals surface area contributed by atoms with E-state index in [2.05, 4.69) is 9.97 Å². The SMILES string of the molecule is Cc1cc(N2CCN(Cc3cc(F)ccc3F)C(=O)C2)nc(C)n1. The molecule has 0 saturated carbocycles. The number of halogens is 2. The van der Waals surface area contributed by atoms with Gasteiger partial charge in [-0.3, -0.25) is 4.79 Å². The highest BCUT2D eigenvalue weighted by molar-refractivity contribution is 5.82. The normalized spacial score (nSPS) is 15.1. The number of amides is 1. The number of hydrogen-bond acceptors (Lipinski definition) is 4. The molecule has 1 aromatic heterocycles. The van der Waals surface area contributed by atoms with E-state index in [-0.39, 0.29) is 24.6 Å². The Balaban J connectivity index is 1.71. The van der Waals surface area contributed by atoms with Crippen molar-refractivity contribution in [3.8, 4) is 0 Å². The summed E-state index contributed by atoms with van der Waals surface area (Å²) in [6.07, 6.45) is 0. The summed E-state index contributed by atoms with van der Waals surface area (Å²) in [6.45, 7) is 4.92. The van der Waals surface area contributed by atoms with Crippen molar-refractivity contribution in [3.05, 3.63) is 53.0 Å². The monoisotopic (exact) mass is 332 g/mol. The van der Waals surface area contributed by atoms with Gasteiger partial charge < -0.3 is 9.80 Å². The van der Waals surface area contributed by atoms with E-state index in [9.17, 15) is 13.6 Å². The Morgan fingerprint density at radius 2 is 1.92 bits per heavy atom. The molecule has 0 bridgehead atoms. The highest BCUT2D eigenvalue weighted by Gasteiger charge is 2.26. The van der Waals surface area contributed by atoms with Crippen molar-refractivity contribution in [1.29, 1.82) is 0 Å². The zero-order valence-corrected chi connectivity index (χ0v) is 13.6. The van der Waals surface area contributed by atoms with E-state index in [4.69, 9.17) is 0 Å². The second-order valence-electron chi connectivity index (χ2n) is 5.89. The first kappa shape index (κ1) is 16.3. The second kappa shape index (κ2) is 6.51. The Morgan fingerprint density at radius 1 is 1.12 bits per heavy atom. The summed E-state index contributed by atoms with van der Waals surface area (Å²) in [5.41, 5.74) is 1.03. The number of nitrogens with zero attached hydrogens (tertiary/aromatic N) is 4. The summed E-state index contributed by atoms with van der Waals surface area (Å²) in [4.78, 5) is 24.4. The van der Waals surface area contributed by atoms with Gasteiger partial charge in [0.05, 0.1) is 6.54 Å². The van der Waals surface area contributed by atoms with Gasteiger partial charge in [0.1, 0.15) is 23.3 Å². The molecule has 1 fully saturated rings. The van der Waals surface area contributed by atoms with Gasteiger partial charge in [-0.2, -0.15) is 0 Å². The summed E-state index contributed by atoms with van der Waals surface area (Å²) in [6, 6.07) is 5.12. The molecule has 0 N–H and O–H groups in total. The molecule has 1 aliphatic rings. The number of carbonyl (C=O) groups is 1. The van der Waals surface area contributed by atoms with Gasteiger partial charge in [0.15, 0.2) is 0 Å². The molecule has 0 atom stereocenters. The molecule has 2 aromatic rings. The van der Waals surface area contributed by atoms with Crippen molar-refractivity contribution >= 4 is 11.7 Å². The first-order chi connectivity index (χ1) is 11.4. The first-order valence-corrected chi connectivity index (χ1v) is 7.71. The minimum Gasteiger partial charge on any atom is -0.345 e. The minimum absolute atomic E-state index is 0.0676. The molecule has 1 aliphatic heterocycles. The standard InChI is InChI=1S/C17H18F2N4O/c1-11-7-16(21-12(2)20-11)22-5-6-23(17(24)10-22)9-13-8-14(18)3-4-15(13)19/h3-4,7-8H,5-6,9-10H2,1-2H3. The van der Waals surface area contributed by atoms with Crippen LogP contribution in [0.25, 0.3) is 0 Å². The Labute approximate surface area is 138 Å². The predicted molar refractivity (Wildman–Crippen MR) is 85.5 cm³/mol. The Kier molecular flexibility index (Phi) is 4.42. The average molecular weight is 332 g/mol. The maximum absolute atomic E-state index is 13.8. The third kappa shape index (κ3) is 3.50. The van der Waals surface area contributed by atoms with Crippen LogP contribution in [0.15, 0.2) is 24.3 Å². The van der Waals surface area contributed by atoms with Crippen LogP contribution >= 0.6 is 0 Å². The van der Waals surface area contributed by atoms with E-state index in [0.29, 0.717) is 24.7 Å². The molecular formula is C17H18F2N4O. The topological polar surface area (TPSA) is 49.3 Å². The number of hydrogen-bond donors (Lipinski definition) is 0. The van der Waals surface area contributed by atoms with E-state index >= 15 is 0 Å². The molecule has 3 rings (SSSR count). The molecule has 7 heteroatoms. The summed E-state index contributed by atoms with van der Waals surface area (Å²) in [5.74, 6) is 0.212. The smallest absolute Gasteiger partial charge is 0.242 e. The maximum Gasteiger partial charge on any atom is 0.242 e. The lowest BCUT2D eigenvalue weighted by Gasteiger charge is -2.35. The molecular weight excluding hydrogens is 314 g/mol. The van der Waals surface area contributed by atoms with Gasteiger partial charge in [-0.1, -0.05) is 0 Å². The number of benzene rings is 1. The number of aromatic nitrogens is 2. The molecule has 0 radical (unpaired) electrons. The van der Waals surface area contributed by atoms with Crippen LogP contribution < -0.4 is 4.90 Å². The zero-order valence-electron chi connectivity index (χ0n) is 13.6. The van der Waals surface area contributed by atoms with Gasteiger partial charge in [0.25, 0.3) is 0 Å². The fourth-order valence-corrected chi connectivity index (χ4v) is 2.80. The number of carbonyl (C=O) groups excluding carboxylic acids is 1. The summed E-state index contributed by atoms with van der Waals surface area (Å²) in [5, 5.41) is 0. The number of piperazine rings is 1. The van der Waals surface area contributed by atoms with Gasteiger partial charge in [-0.15, -0.1) is 0 Å². The third-order valence-corrected chi connectivity index (χ3v) is 3.96. The molecule has 1 amide bonds. The van der Waals surface area contributed by atoms with Crippen LogP contribution in [0.3, 0.4) is 0 Å². The third-order valence-electron chi connectivity index (χ3n) is 3.96. The molecule has 5 nitrogen and oxygen atoms in total. The molecule has 2 heterocycles. The number of aryl methyl sites for hydroxylation is 2. The molecule has 0 unspecified atom stereocenters. The number of rotatable bonds is 3. The highest BCUT2D eigenvalue weighted by Crippen LogP contribution is 2.18. The fraction of sp³-hybridized carbons (Fsp3) is 0.353. The van der Waals surface area contributed by atoms with Crippen LogP contribution in [0, 0.1) is 25.5 Å². The van der Waals surface area contributed by atoms with Crippen molar-refractivity contribution in [2.24, 2.45) is 0 Å². The van der Waals surface area contributed by atoms with E-state index in [1.807, 2.05) is 17.9 Å². The van der Waals surface area contributed by atoms with Crippen LogP contribution in [0.2, 0.25) is 0 Å². The van der Waals surface area contributed by atoms with Crippen LogP contribution in [-0.2, 0) is 11.3 Å². The molecule has 126 valence electrons. The Bertz CT molecular complexity index is 761. The van der Waals surface area contributed by atoms with Crippen LogP contribution in [0.4, 0.5) is 14.6 Å². The van der Waals surface area contributed by atoms with Gasteiger partial charge in [-0.05, 0) is 32.0 Å². The largest absolute Gasteiger partial charge is 0.345 e. The molecule has 0 aliphatic carbocycles. The lowest BCUT2D eigenvalue weighted by Crippen LogP contribution is -2.50. The van der Waals surface area contributed by atoms with Crippen molar-refractivity contribution < 1.29 is 13.6 Å². The average Bonchev–Trinajstić information content (AvgIpc) is 2.52. The van der Waals surface area contributed by atoms with Crippen LogP contribution in [-0.4, -0.2) is 40.4 Å². The van der Waals surface area contributed by atoms with Gasteiger partial charge in [0, 0.05) is 37.0 Å². The van der Waals surface area contributed by atoms with Crippen molar-refractivity contribution in [2.75, 3.05) is 24.5 Å². The van der Waals surface area contributed by atoms with Crippen LogP contribution in [0.5, 0.6) is 0 Å². The first-order valence-electron chi connectivity index (χ1n) is 7.71. The van der Waals surface area contributed by atoms with Crippen molar-refractivity contribution in [3.63, 3.8) is 0 Å². The quantitative estimate of drug-likeness (QED) is 0.865. The maximum atomic E-state index is 13.8. The van der Waals surface area contributed by atoms with Crippen LogP contribution in [0.1, 0.15) is 17.1 Å². The van der Waals surface area contributed by atoms with Gasteiger partial charge in [0.2, 0.25) is 5.91 Å². The second-order valence-corrected chi connectivity index (χ2v) is 5.89. The minimum atomic E-state index is -0.510. The van der Waals surface area contributed by atoms with Gasteiger partial charge in [-0.25, -0.2) is 18.7 Å². The lowest BCUT2D eigenvalue weighted by atomic mass is 10.1. The lowest BCUT2D eigenvalue weighted by molar-refractivity contribution is -0.131. The van der Waals surface area contributed by atoms with E-state index in [1.54, 1.807) is 6.92 Å². The van der Waals surface area contributed by atoms with Crippen molar-refractivity contribution in [2.45, 2.75) is 20.4 Å². The molecule has 1 saturated heterocycles. The zero-order chi connectivity index (χ0) is 17.3. The van der Waals surface area contributed by atoms with E-state index in [0.717, 1.165) is 23.9 Å².